The molecule has 1 aliphatic carbocycles. The predicted octanol–water partition coefficient (Wildman–Crippen LogP) is -1.06. The predicted molar refractivity (Wildman–Crippen MR) is 77.0 cm³/mol. The van der Waals surface area contributed by atoms with Gasteiger partial charge in [-0.2, -0.15) is 13.5 Å². The zero-order valence-electron chi connectivity index (χ0n) is 12.9. The van der Waals surface area contributed by atoms with E-state index in [4.69, 9.17) is 4.55 Å². The van der Waals surface area contributed by atoms with Crippen LogP contribution in [0.5, 0.6) is 0 Å². The Morgan fingerprint density at radius 1 is 1.38 bits per heavy atom. The average molecular weight is 362 g/mol. The van der Waals surface area contributed by atoms with Gasteiger partial charge in [0, 0.05) is 13.0 Å². The van der Waals surface area contributed by atoms with Crippen LogP contribution in [0.2, 0.25) is 0 Å². The van der Waals surface area contributed by atoms with E-state index in [1.54, 1.807) is 6.92 Å². The molecule has 1 spiro atoms. The highest BCUT2D eigenvalue weighted by Crippen LogP contribution is 2.59. The zero-order chi connectivity index (χ0) is 17.7. The lowest BCUT2D eigenvalue weighted by Gasteiger charge is -2.35. The van der Waals surface area contributed by atoms with Crippen molar-refractivity contribution in [1.29, 1.82) is 0 Å². The van der Waals surface area contributed by atoms with E-state index >= 15 is 0 Å². The van der Waals surface area contributed by atoms with Crippen LogP contribution in [0.4, 0.5) is 4.79 Å². The number of fused-ring (bicyclic) bond motifs is 3. The summed E-state index contributed by atoms with van der Waals surface area (Å²) >= 11 is 0. The summed E-state index contributed by atoms with van der Waals surface area (Å²) in [6.07, 6.45) is 1.96. The maximum atomic E-state index is 12.4. The Bertz CT molecular complexity index is 690. The summed E-state index contributed by atoms with van der Waals surface area (Å²) in [5, 5.41) is 0.639. The molecule has 2 heterocycles. The van der Waals surface area contributed by atoms with Crippen LogP contribution in [-0.4, -0.2) is 59.4 Å². The summed E-state index contributed by atoms with van der Waals surface area (Å²) in [5.41, 5.74) is 4.11. The Morgan fingerprint density at radius 2 is 2.04 bits per heavy atom. The summed E-state index contributed by atoms with van der Waals surface area (Å²) in [4.78, 5) is 37.1. The summed E-state index contributed by atoms with van der Waals surface area (Å²) in [5.74, 6) is -0.925. The van der Waals surface area contributed by atoms with Crippen molar-refractivity contribution in [3.63, 3.8) is 0 Å². The first-order chi connectivity index (χ1) is 11.2. The highest BCUT2D eigenvalue weighted by molar-refractivity contribution is 7.80. The molecule has 24 heavy (non-hydrogen) atoms. The molecule has 4 amide bonds. The lowest BCUT2D eigenvalue weighted by atomic mass is 9.85. The van der Waals surface area contributed by atoms with Crippen molar-refractivity contribution in [3.8, 4) is 0 Å². The Kier molecular flexibility index (Phi) is 3.92. The SMILES string of the molecule is CCC(=O)NNC(=O)[C@@H]1CC2(CC2)[C@@H]2CN1C(=O)N2OS(=O)(=O)O. The number of hydroxylamine groups is 2. The molecule has 2 aliphatic heterocycles. The van der Waals surface area contributed by atoms with Crippen molar-refractivity contribution < 1.29 is 31.6 Å². The molecule has 2 saturated heterocycles. The van der Waals surface area contributed by atoms with E-state index in [1.165, 1.54) is 4.90 Å². The standard InChI is InChI=1S/C12H18N4O7S/c1-2-9(17)13-14-10(18)7-5-12(3-4-12)8-6-15(7)11(19)16(8)23-24(20,21)22/h7-8H,2-6H2,1H3,(H,13,17)(H,14,18)(H,20,21,22)/t7-,8-/m0/s1. The molecule has 0 aromatic rings. The third-order valence-corrected chi connectivity index (χ3v) is 5.13. The second kappa shape index (κ2) is 5.57. The molecule has 3 N–H and O–H groups in total. The van der Waals surface area contributed by atoms with Crippen LogP contribution < -0.4 is 10.9 Å². The van der Waals surface area contributed by atoms with Gasteiger partial charge in [0.15, 0.2) is 0 Å². The normalized spacial score (nSPS) is 27.3. The topological polar surface area (TPSA) is 145 Å². The minimum Gasteiger partial charge on any atom is -0.309 e. The van der Waals surface area contributed by atoms with E-state index in [2.05, 4.69) is 15.1 Å². The highest BCUT2D eigenvalue weighted by Gasteiger charge is 2.65. The van der Waals surface area contributed by atoms with Crippen molar-refractivity contribution in [3.05, 3.63) is 0 Å². The molecule has 2 atom stereocenters. The molecule has 0 radical (unpaired) electrons. The Morgan fingerprint density at radius 3 is 2.58 bits per heavy atom. The van der Waals surface area contributed by atoms with Gasteiger partial charge >= 0.3 is 16.4 Å². The van der Waals surface area contributed by atoms with Crippen molar-refractivity contribution in [2.75, 3.05) is 6.54 Å². The number of hydrazine groups is 1. The van der Waals surface area contributed by atoms with Gasteiger partial charge in [-0.15, -0.1) is 4.28 Å². The van der Waals surface area contributed by atoms with Crippen LogP contribution in [0.3, 0.4) is 0 Å². The zero-order valence-corrected chi connectivity index (χ0v) is 13.7. The van der Waals surface area contributed by atoms with E-state index in [0.717, 1.165) is 12.8 Å². The molecule has 0 aromatic heterocycles. The second-order valence-corrected chi connectivity index (χ2v) is 7.26. The van der Waals surface area contributed by atoms with E-state index in [-0.39, 0.29) is 18.9 Å². The monoisotopic (exact) mass is 362 g/mol. The number of hydrogen-bond acceptors (Lipinski definition) is 6. The van der Waals surface area contributed by atoms with Gasteiger partial charge in [0.1, 0.15) is 6.04 Å². The summed E-state index contributed by atoms with van der Waals surface area (Å²) < 4.78 is 35.2. The molecule has 3 rings (SSSR count). The van der Waals surface area contributed by atoms with Crippen molar-refractivity contribution in [1.82, 2.24) is 20.8 Å². The number of nitrogens with zero attached hydrogens (tertiary/aromatic N) is 2. The van der Waals surface area contributed by atoms with Crippen molar-refractivity contribution >= 4 is 28.2 Å². The van der Waals surface area contributed by atoms with Crippen LogP contribution in [0, 0.1) is 5.41 Å². The molecule has 0 aromatic carbocycles. The lowest BCUT2D eigenvalue weighted by molar-refractivity contribution is -0.132. The minimum atomic E-state index is -4.84. The van der Waals surface area contributed by atoms with Crippen LogP contribution in [0.25, 0.3) is 0 Å². The maximum absolute atomic E-state index is 12.4. The van der Waals surface area contributed by atoms with E-state index in [0.29, 0.717) is 11.5 Å². The van der Waals surface area contributed by atoms with Gasteiger partial charge in [-0.3, -0.25) is 25.0 Å². The smallest absolute Gasteiger partial charge is 0.309 e. The number of piperidine rings is 1. The molecule has 12 heteroatoms. The van der Waals surface area contributed by atoms with Gasteiger partial charge in [0.25, 0.3) is 5.91 Å². The van der Waals surface area contributed by atoms with Gasteiger partial charge < -0.3 is 4.90 Å². The van der Waals surface area contributed by atoms with Crippen LogP contribution in [0.15, 0.2) is 0 Å². The van der Waals surface area contributed by atoms with E-state index < -0.39 is 39.8 Å². The van der Waals surface area contributed by atoms with Gasteiger partial charge in [-0.1, -0.05) is 6.92 Å². The van der Waals surface area contributed by atoms with E-state index in [1.807, 2.05) is 0 Å². The van der Waals surface area contributed by atoms with Crippen LogP contribution in [-0.2, 0) is 24.3 Å². The minimum absolute atomic E-state index is 0.119. The molecule has 2 bridgehead atoms. The number of amides is 4. The molecule has 1 saturated carbocycles. The number of nitrogens with one attached hydrogen (secondary N) is 2. The van der Waals surface area contributed by atoms with Crippen molar-refractivity contribution in [2.45, 2.75) is 44.7 Å². The molecule has 3 aliphatic rings. The first-order valence-corrected chi connectivity index (χ1v) is 8.89. The summed E-state index contributed by atoms with van der Waals surface area (Å²) in [7, 11) is -4.84. The third kappa shape index (κ3) is 2.91. The van der Waals surface area contributed by atoms with Gasteiger partial charge in [-0.25, -0.2) is 4.79 Å². The number of urea groups is 1. The highest BCUT2D eigenvalue weighted by atomic mass is 32.3. The fourth-order valence-electron chi connectivity index (χ4n) is 3.35. The quantitative estimate of drug-likeness (QED) is 0.427. The van der Waals surface area contributed by atoms with Gasteiger partial charge in [0.05, 0.1) is 6.04 Å². The van der Waals surface area contributed by atoms with Crippen LogP contribution in [0.1, 0.15) is 32.6 Å². The average Bonchev–Trinajstić information content (AvgIpc) is 3.22. The van der Waals surface area contributed by atoms with Gasteiger partial charge in [0.2, 0.25) is 5.91 Å². The third-order valence-electron chi connectivity index (χ3n) is 4.79. The Hall–Kier alpha value is -1.92. The Labute approximate surface area is 138 Å². The molecule has 11 nitrogen and oxygen atoms in total. The molecule has 0 unspecified atom stereocenters. The maximum Gasteiger partial charge on any atom is 0.418 e. The molecular weight excluding hydrogens is 344 g/mol. The fraction of sp³-hybridized carbons (Fsp3) is 0.750. The molecular formula is C12H18N4O7S. The lowest BCUT2D eigenvalue weighted by Crippen LogP contribution is -2.56. The number of hydrogen-bond donors (Lipinski definition) is 3. The van der Waals surface area contributed by atoms with E-state index in [9.17, 15) is 22.8 Å². The molecule has 3 fully saturated rings. The summed E-state index contributed by atoms with van der Waals surface area (Å²) in [6, 6.07) is -2.19. The largest absolute Gasteiger partial charge is 0.418 e. The number of carbonyl (C=O) groups excluding carboxylic acids is 3. The first kappa shape index (κ1) is 16.9. The second-order valence-electron chi connectivity index (χ2n) is 6.25. The number of rotatable bonds is 4. The number of carbonyl (C=O) groups is 3. The molecule has 134 valence electrons. The fourth-order valence-corrected chi connectivity index (χ4v) is 3.72. The summed E-state index contributed by atoms with van der Waals surface area (Å²) in [6.45, 7) is 1.74. The first-order valence-electron chi connectivity index (χ1n) is 7.52. The van der Waals surface area contributed by atoms with Crippen LogP contribution >= 0.6 is 0 Å². The van der Waals surface area contributed by atoms with Crippen molar-refractivity contribution in [2.24, 2.45) is 5.41 Å². The van der Waals surface area contributed by atoms with Gasteiger partial charge in [-0.05, 0) is 24.7 Å². The Balaban J connectivity index is 1.77.